The highest BCUT2D eigenvalue weighted by molar-refractivity contribution is 5.98. The highest BCUT2D eigenvalue weighted by Crippen LogP contribution is 2.31. The lowest BCUT2D eigenvalue weighted by Crippen LogP contribution is -2.29. The van der Waals surface area contributed by atoms with E-state index in [2.05, 4.69) is 5.32 Å². The minimum atomic E-state index is -4.53. The van der Waals surface area contributed by atoms with Gasteiger partial charge < -0.3 is 10.1 Å². The second kappa shape index (κ2) is 8.48. The van der Waals surface area contributed by atoms with Crippen LogP contribution in [0.2, 0.25) is 0 Å². The van der Waals surface area contributed by atoms with Crippen LogP contribution in [-0.2, 0) is 22.3 Å². The van der Waals surface area contributed by atoms with E-state index in [1.54, 1.807) is 0 Å². The van der Waals surface area contributed by atoms with Crippen molar-refractivity contribution in [1.29, 1.82) is 0 Å². The number of hydrogen-bond acceptors (Lipinski definition) is 4. The zero-order chi connectivity index (χ0) is 20.0. The Morgan fingerprint density at radius 3 is 2.33 bits per heavy atom. The van der Waals surface area contributed by atoms with Crippen LogP contribution >= 0.6 is 0 Å². The lowest BCUT2D eigenvalue weighted by molar-refractivity contribution is -0.138. The van der Waals surface area contributed by atoms with E-state index in [1.807, 2.05) is 0 Å². The van der Waals surface area contributed by atoms with E-state index >= 15 is 0 Å². The number of benzene rings is 2. The molecule has 0 fully saturated rings. The minimum absolute atomic E-state index is 0.0953. The third-order valence-electron chi connectivity index (χ3n) is 3.64. The first-order valence-corrected chi connectivity index (χ1v) is 7.88. The molecule has 27 heavy (non-hydrogen) atoms. The van der Waals surface area contributed by atoms with Gasteiger partial charge in [-0.2, -0.15) is 13.2 Å². The summed E-state index contributed by atoms with van der Waals surface area (Å²) in [5.41, 5.74) is -0.530. The van der Waals surface area contributed by atoms with Gasteiger partial charge in [-0.05, 0) is 30.7 Å². The summed E-state index contributed by atoms with van der Waals surface area (Å²) in [4.78, 5) is 35.0. The summed E-state index contributed by atoms with van der Waals surface area (Å²) in [6.45, 7) is 0.333. The molecule has 0 radical (unpaired) electrons. The van der Waals surface area contributed by atoms with Crippen LogP contribution in [0.15, 0.2) is 48.5 Å². The molecule has 0 aliphatic rings. The zero-order valence-electron chi connectivity index (χ0n) is 14.3. The molecule has 1 amide bonds. The van der Waals surface area contributed by atoms with Gasteiger partial charge in [-0.25, -0.2) is 4.79 Å². The molecule has 0 atom stereocenters. The molecular formula is C19H16F3NO4. The number of rotatable bonds is 6. The maximum Gasteiger partial charge on any atom is 0.416 e. The molecule has 0 bridgehead atoms. The van der Waals surface area contributed by atoms with Crippen molar-refractivity contribution < 1.29 is 32.3 Å². The lowest BCUT2D eigenvalue weighted by Gasteiger charge is -2.13. The smallest absolute Gasteiger partial charge is 0.416 e. The third kappa shape index (κ3) is 5.67. The molecule has 2 rings (SSSR count). The first kappa shape index (κ1) is 20.2. The fourth-order valence-corrected chi connectivity index (χ4v) is 2.28. The second-order valence-corrected chi connectivity index (χ2v) is 5.64. The van der Waals surface area contributed by atoms with Crippen molar-refractivity contribution in [2.24, 2.45) is 0 Å². The van der Waals surface area contributed by atoms with Gasteiger partial charge in [-0.15, -0.1) is 0 Å². The van der Waals surface area contributed by atoms with Gasteiger partial charge in [0.15, 0.2) is 12.4 Å². The van der Waals surface area contributed by atoms with Crippen LogP contribution < -0.4 is 5.32 Å². The molecule has 0 saturated carbocycles. The van der Waals surface area contributed by atoms with E-state index in [1.165, 1.54) is 49.4 Å². The molecule has 0 heterocycles. The average molecular weight is 379 g/mol. The van der Waals surface area contributed by atoms with Gasteiger partial charge in [-0.1, -0.05) is 30.3 Å². The van der Waals surface area contributed by atoms with Gasteiger partial charge in [0.25, 0.3) is 5.91 Å². The van der Waals surface area contributed by atoms with Crippen LogP contribution in [0.25, 0.3) is 0 Å². The van der Waals surface area contributed by atoms with E-state index < -0.39 is 30.2 Å². The van der Waals surface area contributed by atoms with E-state index in [0.29, 0.717) is 5.56 Å². The van der Waals surface area contributed by atoms with Crippen LogP contribution in [0.3, 0.4) is 0 Å². The number of nitrogens with one attached hydrogen (secondary N) is 1. The van der Waals surface area contributed by atoms with Crippen molar-refractivity contribution in [2.45, 2.75) is 19.6 Å². The number of ether oxygens (including phenoxy) is 1. The van der Waals surface area contributed by atoms with Crippen molar-refractivity contribution in [2.75, 3.05) is 6.61 Å². The monoisotopic (exact) mass is 379 g/mol. The molecule has 2 aromatic rings. The van der Waals surface area contributed by atoms with Gasteiger partial charge in [0.2, 0.25) is 0 Å². The Bertz CT molecular complexity index is 862. The summed E-state index contributed by atoms with van der Waals surface area (Å²) < 4.78 is 43.5. The number of amides is 1. The van der Waals surface area contributed by atoms with Crippen molar-refractivity contribution in [3.63, 3.8) is 0 Å². The van der Waals surface area contributed by atoms with Gasteiger partial charge in [0.05, 0.1) is 11.1 Å². The largest absolute Gasteiger partial charge is 0.452 e. The Labute approximate surface area is 153 Å². The summed E-state index contributed by atoms with van der Waals surface area (Å²) in [5.74, 6) is -1.79. The van der Waals surface area contributed by atoms with Crippen LogP contribution in [0.5, 0.6) is 0 Å². The Morgan fingerprint density at radius 1 is 1.00 bits per heavy atom. The molecule has 2 aromatic carbocycles. The lowest BCUT2D eigenvalue weighted by atomic mass is 10.1. The number of hydrogen-bond donors (Lipinski definition) is 1. The predicted molar refractivity (Wildman–Crippen MR) is 90.0 cm³/mol. The molecule has 0 saturated heterocycles. The normalized spacial score (nSPS) is 11.0. The summed E-state index contributed by atoms with van der Waals surface area (Å²) in [7, 11) is 0. The molecule has 0 aliphatic carbocycles. The van der Waals surface area contributed by atoms with Crippen LogP contribution in [-0.4, -0.2) is 24.3 Å². The highest BCUT2D eigenvalue weighted by Gasteiger charge is 2.32. The first-order chi connectivity index (χ1) is 12.7. The molecule has 1 N–H and O–H groups in total. The minimum Gasteiger partial charge on any atom is -0.452 e. The van der Waals surface area contributed by atoms with Crippen LogP contribution in [0.4, 0.5) is 13.2 Å². The summed E-state index contributed by atoms with van der Waals surface area (Å²) in [6, 6.07) is 10.6. The van der Waals surface area contributed by atoms with Crippen molar-refractivity contribution in [1.82, 2.24) is 5.32 Å². The SMILES string of the molecule is CC(=O)c1cccc(C(=O)OCC(=O)NCc2ccccc2C(F)(F)F)c1. The topological polar surface area (TPSA) is 72.5 Å². The number of carbonyl (C=O) groups excluding carboxylic acids is 3. The van der Waals surface area contributed by atoms with Gasteiger partial charge in [-0.3, -0.25) is 9.59 Å². The number of ketones is 1. The number of halogens is 3. The standard InChI is InChI=1S/C19H16F3NO4/c1-12(24)13-6-4-7-14(9-13)18(26)27-11-17(25)23-10-15-5-2-3-8-16(15)19(20,21)22/h2-9H,10-11H2,1H3,(H,23,25). The van der Waals surface area contributed by atoms with Crippen molar-refractivity contribution in [3.05, 3.63) is 70.8 Å². The number of carbonyl (C=O) groups is 3. The molecule has 8 heteroatoms. The van der Waals surface area contributed by atoms with Gasteiger partial charge >= 0.3 is 12.1 Å². The fraction of sp³-hybridized carbons (Fsp3) is 0.211. The molecule has 142 valence electrons. The van der Waals surface area contributed by atoms with E-state index in [9.17, 15) is 27.6 Å². The number of Topliss-reactive ketones (excluding diaryl/α,β-unsaturated/α-hetero) is 1. The summed E-state index contributed by atoms with van der Waals surface area (Å²) in [6.07, 6.45) is -4.53. The predicted octanol–water partition coefficient (Wildman–Crippen LogP) is 3.38. The molecule has 0 unspecified atom stereocenters. The molecular weight excluding hydrogens is 363 g/mol. The molecule has 0 aromatic heterocycles. The number of alkyl halides is 3. The Hall–Kier alpha value is -3.16. The maximum absolute atomic E-state index is 12.9. The third-order valence-corrected chi connectivity index (χ3v) is 3.64. The number of esters is 1. The molecule has 0 aliphatic heterocycles. The van der Waals surface area contributed by atoms with E-state index in [0.717, 1.165) is 6.07 Å². The Kier molecular flexibility index (Phi) is 6.33. The van der Waals surface area contributed by atoms with E-state index in [4.69, 9.17) is 4.74 Å². The fourth-order valence-electron chi connectivity index (χ4n) is 2.28. The van der Waals surface area contributed by atoms with E-state index in [-0.39, 0.29) is 23.5 Å². The summed E-state index contributed by atoms with van der Waals surface area (Å²) in [5, 5.41) is 2.28. The quantitative estimate of drug-likeness (QED) is 0.617. The van der Waals surface area contributed by atoms with Gasteiger partial charge in [0, 0.05) is 12.1 Å². The van der Waals surface area contributed by atoms with Crippen LogP contribution in [0, 0.1) is 0 Å². The average Bonchev–Trinajstić information content (AvgIpc) is 2.64. The Balaban J connectivity index is 1.91. The van der Waals surface area contributed by atoms with Gasteiger partial charge in [0.1, 0.15) is 0 Å². The van der Waals surface area contributed by atoms with Crippen LogP contribution in [0.1, 0.15) is 38.8 Å². The summed E-state index contributed by atoms with van der Waals surface area (Å²) >= 11 is 0. The molecule has 5 nitrogen and oxygen atoms in total. The second-order valence-electron chi connectivity index (χ2n) is 5.64. The highest BCUT2D eigenvalue weighted by atomic mass is 19.4. The maximum atomic E-state index is 12.9. The zero-order valence-corrected chi connectivity index (χ0v) is 14.3. The first-order valence-electron chi connectivity index (χ1n) is 7.88. The molecule has 0 spiro atoms. The Morgan fingerprint density at radius 2 is 1.67 bits per heavy atom. The van der Waals surface area contributed by atoms with Crippen molar-refractivity contribution >= 4 is 17.7 Å². The van der Waals surface area contributed by atoms with Crippen molar-refractivity contribution in [3.8, 4) is 0 Å².